The Morgan fingerprint density at radius 1 is 1.25 bits per heavy atom. The summed E-state index contributed by atoms with van der Waals surface area (Å²) >= 11 is 7.20. The third-order valence-corrected chi connectivity index (χ3v) is 4.56. The standard InChI is InChI=1S/C13H17Br2N/c14-11-4-2-1-3-10(7-11)8-13-6-5-12(15)9-16-13/h5-6,9-11H,1-4,7-8H2. The van der Waals surface area contributed by atoms with Crippen molar-refractivity contribution in [2.75, 3.05) is 0 Å². The van der Waals surface area contributed by atoms with Crippen LogP contribution in [-0.4, -0.2) is 9.81 Å². The van der Waals surface area contributed by atoms with E-state index in [1.54, 1.807) is 0 Å². The first kappa shape index (κ1) is 12.6. The largest absolute Gasteiger partial charge is 0.260 e. The van der Waals surface area contributed by atoms with E-state index in [2.05, 4.69) is 49.0 Å². The van der Waals surface area contributed by atoms with Crippen LogP contribution in [0.15, 0.2) is 22.8 Å². The van der Waals surface area contributed by atoms with Gasteiger partial charge in [0.05, 0.1) is 0 Å². The maximum Gasteiger partial charge on any atom is 0.0413 e. The highest BCUT2D eigenvalue weighted by Gasteiger charge is 2.18. The zero-order valence-electron chi connectivity index (χ0n) is 9.33. The lowest BCUT2D eigenvalue weighted by molar-refractivity contribution is 0.459. The van der Waals surface area contributed by atoms with Gasteiger partial charge >= 0.3 is 0 Å². The summed E-state index contributed by atoms with van der Waals surface area (Å²) in [6, 6.07) is 4.23. The van der Waals surface area contributed by atoms with Gasteiger partial charge in [0.25, 0.3) is 0 Å². The molecule has 16 heavy (non-hydrogen) atoms. The van der Waals surface area contributed by atoms with Crippen LogP contribution in [0.4, 0.5) is 0 Å². The fourth-order valence-corrected chi connectivity index (χ4v) is 3.49. The highest BCUT2D eigenvalue weighted by atomic mass is 79.9. The van der Waals surface area contributed by atoms with E-state index in [1.165, 1.54) is 37.8 Å². The van der Waals surface area contributed by atoms with E-state index in [4.69, 9.17) is 0 Å². The summed E-state index contributed by atoms with van der Waals surface area (Å²) in [7, 11) is 0. The average molecular weight is 347 g/mol. The molecule has 0 aliphatic heterocycles. The Hall–Kier alpha value is 0.110. The number of hydrogen-bond acceptors (Lipinski definition) is 1. The van der Waals surface area contributed by atoms with Gasteiger partial charge in [0.2, 0.25) is 0 Å². The maximum absolute atomic E-state index is 4.47. The smallest absolute Gasteiger partial charge is 0.0413 e. The molecule has 88 valence electrons. The Kier molecular flexibility index (Phi) is 4.83. The lowest BCUT2D eigenvalue weighted by atomic mass is 9.95. The molecule has 2 atom stereocenters. The molecule has 0 radical (unpaired) electrons. The number of aromatic nitrogens is 1. The first-order chi connectivity index (χ1) is 7.74. The van der Waals surface area contributed by atoms with Crippen molar-refractivity contribution in [1.29, 1.82) is 0 Å². The molecule has 1 fully saturated rings. The molecule has 1 saturated carbocycles. The minimum Gasteiger partial charge on any atom is -0.260 e. The second kappa shape index (κ2) is 6.15. The fourth-order valence-electron chi connectivity index (χ4n) is 2.40. The molecular weight excluding hydrogens is 330 g/mol. The van der Waals surface area contributed by atoms with Gasteiger partial charge in [0.1, 0.15) is 0 Å². The van der Waals surface area contributed by atoms with Gasteiger partial charge in [-0.3, -0.25) is 4.98 Å². The quantitative estimate of drug-likeness (QED) is 0.557. The van der Waals surface area contributed by atoms with Crippen molar-refractivity contribution in [1.82, 2.24) is 4.98 Å². The Bertz CT molecular complexity index is 323. The van der Waals surface area contributed by atoms with Crippen LogP contribution in [0.2, 0.25) is 0 Å². The summed E-state index contributed by atoms with van der Waals surface area (Å²) in [5.41, 5.74) is 1.23. The normalized spacial score (nSPS) is 26.4. The van der Waals surface area contributed by atoms with Crippen molar-refractivity contribution >= 4 is 31.9 Å². The van der Waals surface area contributed by atoms with Crippen molar-refractivity contribution in [3.8, 4) is 0 Å². The van der Waals surface area contributed by atoms with Gasteiger partial charge in [-0.05, 0) is 53.2 Å². The lowest BCUT2D eigenvalue weighted by Gasteiger charge is -2.15. The second-order valence-electron chi connectivity index (χ2n) is 4.66. The zero-order valence-corrected chi connectivity index (χ0v) is 12.5. The molecule has 1 aliphatic rings. The van der Waals surface area contributed by atoms with Crippen LogP contribution in [0.3, 0.4) is 0 Å². The van der Waals surface area contributed by atoms with Crippen LogP contribution in [0.5, 0.6) is 0 Å². The van der Waals surface area contributed by atoms with Crippen LogP contribution >= 0.6 is 31.9 Å². The summed E-state index contributed by atoms with van der Waals surface area (Å²) in [6.07, 6.45) is 9.79. The summed E-state index contributed by atoms with van der Waals surface area (Å²) in [5, 5.41) is 0. The summed E-state index contributed by atoms with van der Waals surface area (Å²) in [6.45, 7) is 0. The molecule has 0 N–H and O–H groups in total. The molecule has 0 bridgehead atoms. The second-order valence-corrected chi connectivity index (χ2v) is 6.87. The molecule has 1 aliphatic carbocycles. The Morgan fingerprint density at radius 3 is 2.81 bits per heavy atom. The van der Waals surface area contributed by atoms with Crippen LogP contribution < -0.4 is 0 Å². The Morgan fingerprint density at radius 2 is 2.06 bits per heavy atom. The molecule has 1 aromatic rings. The van der Waals surface area contributed by atoms with Crippen molar-refractivity contribution < 1.29 is 0 Å². The van der Waals surface area contributed by atoms with E-state index in [0.717, 1.165) is 21.6 Å². The molecule has 2 rings (SSSR count). The molecule has 1 nitrogen and oxygen atoms in total. The van der Waals surface area contributed by atoms with E-state index in [9.17, 15) is 0 Å². The molecule has 2 unspecified atom stereocenters. The van der Waals surface area contributed by atoms with E-state index in [0.29, 0.717) is 0 Å². The highest BCUT2D eigenvalue weighted by molar-refractivity contribution is 9.10. The van der Waals surface area contributed by atoms with Gasteiger partial charge in [0, 0.05) is 21.2 Å². The van der Waals surface area contributed by atoms with Crippen molar-refractivity contribution in [3.05, 3.63) is 28.5 Å². The number of alkyl halides is 1. The van der Waals surface area contributed by atoms with Crippen LogP contribution in [0, 0.1) is 5.92 Å². The number of hydrogen-bond donors (Lipinski definition) is 0. The molecular formula is C13H17Br2N. The number of pyridine rings is 1. The molecule has 0 spiro atoms. The molecule has 0 saturated heterocycles. The van der Waals surface area contributed by atoms with E-state index in [1.807, 2.05) is 6.20 Å². The minimum absolute atomic E-state index is 0.718. The Balaban J connectivity index is 1.95. The monoisotopic (exact) mass is 345 g/mol. The molecule has 0 amide bonds. The molecule has 3 heteroatoms. The number of halogens is 2. The van der Waals surface area contributed by atoms with Crippen molar-refractivity contribution in [3.63, 3.8) is 0 Å². The van der Waals surface area contributed by atoms with Gasteiger partial charge in [-0.2, -0.15) is 0 Å². The third kappa shape index (κ3) is 3.85. The third-order valence-electron chi connectivity index (χ3n) is 3.26. The van der Waals surface area contributed by atoms with E-state index < -0.39 is 0 Å². The van der Waals surface area contributed by atoms with Crippen molar-refractivity contribution in [2.45, 2.75) is 43.4 Å². The van der Waals surface area contributed by atoms with Gasteiger partial charge in [-0.15, -0.1) is 0 Å². The van der Waals surface area contributed by atoms with Gasteiger partial charge in [-0.25, -0.2) is 0 Å². The SMILES string of the molecule is Brc1ccc(CC2CCCCC(Br)C2)nc1. The maximum atomic E-state index is 4.47. The summed E-state index contributed by atoms with van der Waals surface area (Å²) < 4.78 is 1.07. The zero-order chi connectivity index (χ0) is 11.4. The fraction of sp³-hybridized carbons (Fsp3) is 0.615. The van der Waals surface area contributed by atoms with Crippen LogP contribution in [0.1, 0.15) is 37.8 Å². The van der Waals surface area contributed by atoms with Gasteiger partial charge < -0.3 is 0 Å². The first-order valence-corrected chi connectivity index (χ1v) is 7.69. The highest BCUT2D eigenvalue weighted by Crippen LogP contribution is 2.29. The van der Waals surface area contributed by atoms with Crippen LogP contribution in [0.25, 0.3) is 0 Å². The predicted molar refractivity (Wildman–Crippen MR) is 74.9 cm³/mol. The topological polar surface area (TPSA) is 12.9 Å². The Labute approximate surface area is 114 Å². The predicted octanol–water partition coefficient (Wildman–Crippen LogP) is 4.73. The molecule has 1 heterocycles. The average Bonchev–Trinajstić information content (AvgIpc) is 2.46. The number of nitrogens with zero attached hydrogens (tertiary/aromatic N) is 1. The van der Waals surface area contributed by atoms with Crippen molar-refractivity contribution in [2.24, 2.45) is 5.92 Å². The lowest BCUT2D eigenvalue weighted by Crippen LogP contribution is -2.09. The minimum atomic E-state index is 0.718. The summed E-state index contributed by atoms with van der Waals surface area (Å²) in [4.78, 5) is 5.18. The number of rotatable bonds is 2. The van der Waals surface area contributed by atoms with E-state index in [-0.39, 0.29) is 0 Å². The first-order valence-electron chi connectivity index (χ1n) is 5.98. The summed E-state index contributed by atoms with van der Waals surface area (Å²) in [5.74, 6) is 0.806. The molecule has 1 aromatic heterocycles. The van der Waals surface area contributed by atoms with Gasteiger partial charge in [0.15, 0.2) is 0 Å². The van der Waals surface area contributed by atoms with Gasteiger partial charge in [-0.1, -0.05) is 35.2 Å². The van der Waals surface area contributed by atoms with E-state index >= 15 is 0 Å². The molecule has 0 aromatic carbocycles. The van der Waals surface area contributed by atoms with Crippen LogP contribution in [-0.2, 0) is 6.42 Å².